The van der Waals surface area contributed by atoms with E-state index in [2.05, 4.69) is 9.97 Å². The Hall–Kier alpha value is -1.49. The molecule has 1 heterocycles. The van der Waals surface area contributed by atoms with Crippen LogP contribution in [0.1, 0.15) is 19.0 Å². The number of carbonyl (C=O) groups is 1. The van der Waals surface area contributed by atoms with Gasteiger partial charge in [0.25, 0.3) is 0 Å². The molecule has 0 bridgehead atoms. The third kappa shape index (κ3) is 4.35. The van der Waals surface area contributed by atoms with Crippen molar-refractivity contribution >= 4 is 5.91 Å². The summed E-state index contributed by atoms with van der Waals surface area (Å²) in [6.07, 6.45) is 6.10. The second-order valence-corrected chi connectivity index (χ2v) is 3.94. The number of likely N-dealkylation sites (N-methyl/N-ethyl adjacent to an activating group) is 1. The van der Waals surface area contributed by atoms with E-state index in [9.17, 15) is 4.79 Å². The monoisotopic (exact) mass is 222 g/mol. The standard InChI is InChI=1S/C11H18N4O/c1-9(12)7-11(16)15(2)6-3-10-8-13-4-5-14-10/h4-5,8-9H,3,6-7,12H2,1-2H3. The molecule has 0 aliphatic heterocycles. The van der Waals surface area contributed by atoms with Gasteiger partial charge in [0.15, 0.2) is 0 Å². The molecular weight excluding hydrogens is 204 g/mol. The normalized spacial score (nSPS) is 12.2. The van der Waals surface area contributed by atoms with E-state index < -0.39 is 0 Å². The highest BCUT2D eigenvalue weighted by Gasteiger charge is 2.10. The van der Waals surface area contributed by atoms with Crippen LogP contribution >= 0.6 is 0 Å². The molecule has 5 nitrogen and oxygen atoms in total. The molecule has 0 spiro atoms. The first-order chi connectivity index (χ1) is 7.59. The van der Waals surface area contributed by atoms with Gasteiger partial charge >= 0.3 is 0 Å². The zero-order chi connectivity index (χ0) is 12.0. The lowest BCUT2D eigenvalue weighted by Gasteiger charge is -2.17. The second kappa shape index (κ2) is 6.17. The minimum atomic E-state index is -0.0912. The molecule has 1 atom stereocenters. The average molecular weight is 222 g/mol. The highest BCUT2D eigenvalue weighted by atomic mass is 16.2. The molecule has 1 amide bonds. The molecule has 0 aliphatic carbocycles. The maximum Gasteiger partial charge on any atom is 0.223 e. The predicted octanol–water partition coefficient (Wildman–Crippen LogP) is 0.215. The van der Waals surface area contributed by atoms with Crippen LogP contribution in [-0.2, 0) is 11.2 Å². The van der Waals surface area contributed by atoms with Gasteiger partial charge in [-0.05, 0) is 6.92 Å². The fraction of sp³-hybridized carbons (Fsp3) is 0.545. The Kier molecular flexibility index (Phi) is 4.85. The number of nitrogens with two attached hydrogens (primary N) is 1. The molecule has 88 valence electrons. The Bertz CT molecular complexity index is 326. The summed E-state index contributed by atoms with van der Waals surface area (Å²) >= 11 is 0. The van der Waals surface area contributed by atoms with Crippen LogP contribution in [-0.4, -0.2) is 40.4 Å². The third-order valence-electron chi connectivity index (χ3n) is 2.24. The van der Waals surface area contributed by atoms with Crippen LogP contribution in [0.3, 0.4) is 0 Å². The molecule has 1 rings (SSSR count). The quantitative estimate of drug-likeness (QED) is 0.773. The van der Waals surface area contributed by atoms with E-state index in [-0.39, 0.29) is 11.9 Å². The van der Waals surface area contributed by atoms with Gasteiger partial charge in [-0.15, -0.1) is 0 Å². The number of amides is 1. The van der Waals surface area contributed by atoms with Crippen LogP contribution in [0.2, 0.25) is 0 Å². The fourth-order valence-electron chi connectivity index (χ4n) is 1.30. The molecule has 2 N–H and O–H groups in total. The summed E-state index contributed by atoms with van der Waals surface area (Å²) in [7, 11) is 1.78. The summed E-state index contributed by atoms with van der Waals surface area (Å²) in [5.74, 6) is 0.0684. The van der Waals surface area contributed by atoms with Crippen molar-refractivity contribution in [1.29, 1.82) is 0 Å². The van der Waals surface area contributed by atoms with Crippen molar-refractivity contribution in [1.82, 2.24) is 14.9 Å². The van der Waals surface area contributed by atoms with E-state index in [0.717, 1.165) is 12.1 Å². The summed E-state index contributed by atoms with van der Waals surface area (Å²) in [4.78, 5) is 21.4. The summed E-state index contributed by atoms with van der Waals surface area (Å²) in [6.45, 7) is 2.47. The van der Waals surface area contributed by atoms with E-state index in [1.807, 2.05) is 6.92 Å². The number of carbonyl (C=O) groups excluding carboxylic acids is 1. The molecular formula is C11H18N4O. The zero-order valence-corrected chi connectivity index (χ0v) is 9.76. The molecule has 0 aromatic carbocycles. The van der Waals surface area contributed by atoms with Crippen LogP contribution in [0.5, 0.6) is 0 Å². The van der Waals surface area contributed by atoms with Crippen LogP contribution < -0.4 is 5.73 Å². The van der Waals surface area contributed by atoms with Crippen LogP contribution in [0.4, 0.5) is 0 Å². The summed E-state index contributed by atoms with van der Waals surface area (Å²) in [6, 6.07) is -0.0912. The van der Waals surface area contributed by atoms with E-state index in [4.69, 9.17) is 5.73 Å². The highest BCUT2D eigenvalue weighted by Crippen LogP contribution is 1.98. The molecule has 0 aliphatic rings. The average Bonchev–Trinajstić information content (AvgIpc) is 2.26. The van der Waals surface area contributed by atoms with Gasteiger partial charge in [0.1, 0.15) is 0 Å². The Balaban J connectivity index is 2.35. The molecule has 5 heteroatoms. The SMILES string of the molecule is CC(N)CC(=O)N(C)CCc1cnccn1. The Labute approximate surface area is 95.7 Å². The van der Waals surface area contributed by atoms with Crippen LogP contribution in [0.15, 0.2) is 18.6 Å². The number of rotatable bonds is 5. The lowest BCUT2D eigenvalue weighted by atomic mass is 10.2. The van der Waals surface area contributed by atoms with Gasteiger partial charge in [0.05, 0.1) is 5.69 Å². The van der Waals surface area contributed by atoms with Gasteiger partial charge in [-0.25, -0.2) is 0 Å². The first kappa shape index (κ1) is 12.6. The van der Waals surface area contributed by atoms with Crippen molar-refractivity contribution in [2.75, 3.05) is 13.6 Å². The molecule has 16 heavy (non-hydrogen) atoms. The zero-order valence-electron chi connectivity index (χ0n) is 9.76. The number of aromatic nitrogens is 2. The predicted molar refractivity (Wildman–Crippen MR) is 61.6 cm³/mol. The van der Waals surface area contributed by atoms with Gasteiger partial charge < -0.3 is 10.6 Å². The summed E-state index contributed by atoms with van der Waals surface area (Å²) in [5, 5.41) is 0. The molecule has 0 radical (unpaired) electrons. The molecule has 0 saturated carbocycles. The van der Waals surface area contributed by atoms with Gasteiger partial charge in [-0.1, -0.05) is 0 Å². The summed E-state index contributed by atoms with van der Waals surface area (Å²) in [5.41, 5.74) is 6.46. The summed E-state index contributed by atoms with van der Waals surface area (Å²) < 4.78 is 0. The van der Waals surface area contributed by atoms with Crippen LogP contribution in [0.25, 0.3) is 0 Å². The van der Waals surface area contributed by atoms with E-state index in [1.165, 1.54) is 0 Å². The Morgan fingerprint density at radius 1 is 1.56 bits per heavy atom. The van der Waals surface area contributed by atoms with E-state index in [0.29, 0.717) is 13.0 Å². The second-order valence-electron chi connectivity index (χ2n) is 3.94. The number of hydrogen-bond donors (Lipinski definition) is 1. The molecule has 0 fully saturated rings. The number of hydrogen-bond acceptors (Lipinski definition) is 4. The van der Waals surface area contributed by atoms with Crippen molar-refractivity contribution in [3.63, 3.8) is 0 Å². The minimum absolute atomic E-state index is 0.0684. The molecule has 1 aromatic heterocycles. The fourth-order valence-corrected chi connectivity index (χ4v) is 1.30. The van der Waals surface area contributed by atoms with Crippen molar-refractivity contribution < 1.29 is 4.79 Å². The van der Waals surface area contributed by atoms with Gasteiger partial charge in [0.2, 0.25) is 5.91 Å². The first-order valence-corrected chi connectivity index (χ1v) is 5.34. The van der Waals surface area contributed by atoms with Gasteiger partial charge in [-0.3, -0.25) is 14.8 Å². The van der Waals surface area contributed by atoms with Crippen molar-refractivity contribution in [2.24, 2.45) is 5.73 Å². The van der Waals surface area contributed by atoms with Gasteiger partial charge in [-0.2, -0.15) is 0 Å². The van der Waals surface area contributed by atoms with E-state index in [1.54, 1.807) is 30.5 Å². The molecule has 1 unspecified atom stereocenters. The first-order valence-electron chi connectivity index (χ1n) is 5.34. The molecule has 0 saturated heterocycles. The van der Waals surface area contributed by atoms with Crippen molar-refractivity contribution in [2.45, 2.75) is 25.8 Å². The largest absolute Gasteiger partial charge is 0.345 e. The minimum Gasteiger partial charge on any atom is -0.345 e. The Morgan fingerprint density at radius 3 is 2.88 bits per heavy atom. The van der Waals surface area contributed by atoms with Crippen LogP contribution in [0, 0.1) is 0 Å². The smallest absolute Gasteiger partial charge is 0.223 e. The molecule has 1 aromatic rings. The Morgan fingerprint density at radius 2 is 2.31 bits per heavy atom. The van der Waals surface area contributed by atoms with Crippen molar-refractivity contribution in [3.05, 3.63) is 24.3 Å². The van der Waals surface area contributed by atoms with E-state index >= 15 is 0 Å². The highest BCUT2D eigenvalue weighted by molar-refractivity contribution is 5.76. The maximum absolute atomic E-state index is 11.6. The lowest BCUT2D eigenvalue weighted by molar-refractivity contribution is -0.130. The van der Waals surface area contributed by atoms with Crippen molar-refractivity contribution in [3.8, 4) is 0 Å². The van der Waals surface area contributed by atoms with Gasteiger partial charge in [0, 0.05) is 51.1 Å². The maximum atomic E-state index is 11.6. The topological polar surface area (TPSA) is 72.1 Å². The third-order valence-corrected chi connectivity index (χ3v) is 2.24. The number of nitrogens with zero attached hydrogens (tertiary/aromatic N) is 3. The lowest BCUT2D eigenvalue weighted by Crippen LogP contribution is -2.33.